The van der Waals surface area contributed by atoms with Gasteiger partial charge in [0.25, 0.3) is 0 Å². The quantitative estimate of drug-likeness (QED) is 0.846. The van der Waals surface area contributed by atoms with E-state index >= 15 is 0 Å². The van der Waals surface area contributed by atoms with Gasteiger partial charge in [0.2, 0.25) is 5.91 Å². The number of halogens is 1. The van der Waals surface area contributed by atoms with Crippen LogP contribution in [0.15, 0.2) is 24.3 Å². The molecule has 0 aliphatic carbocycles. The summed E-state index contributed by atoms with van der Waals surface area (Å²) in [4.78, 5) is 11.8. The van der Waals surface area contributed by atoms with Gasteiger partial charge in [-0.05, 0) is 30.5 Å². The van der Waals surface area contributed by atoms with Gasteiger partial charge in [0.15, 0.2) is 0 Å². The van der Waals surface area contributed by atoms with E-state index in [2.05, 4.69) is 12.2 Å². The first-order valence-electron chi connectivity index (χ1n) is 6.14. The Labute approximate surface area is 108 Å². The average molecular weight is 254 g/mol. The Kier molecular flexibility index (Phi) is 5.49. The van der Waals surface area contributed by atoms with Crippen LogP contribution < -0.4 is 5.32 Å². The fraction of sp³-hybridized carbons (Fsp3) is 0.500. The molecule has 0 bridgehead atoms. The van der Waals surface area contributed by atoms with Gasteiger partial charge in [-0.25, -0.2) is 0 Å². The van der Waals surface area contributed by atoms with E-state index in [-0.39, 0.29) is 17.9 Å². The van der Waals surface area contributed by atoms with E-state index in [1.165, 1.54) is 0 Å². The first-order chi connectivity index (χ1) is 8.08. The van der Waals surface area contributed by atoms with Gasteiger partial charge in [0.05, 0.1) is 6.04 Å². The second-order valence-electron chi connectivity index (χ2n) is 4.33. The molecule has 0 saturated heterocycles. The molecule has 0 aliphatic heterocycles. The number of hydrogen-bond acceptors (Lipinski definition) is 1. The molecule has 0 heterocycles. The van der Waals surface area contributed by atoms with Crippen LogP contribution in [0.1, 0.15) is 45.2 Å². The summed E-state index contributed by atoms with van der Waals surface area (Å²) in [5.41, 5.74) is 1.11. The van der Waals surface area contributed by atoms with Crippen molar-refractivity contribution in [1.29, 1.82) is 0 Å². The van der Waals surface area contributed by atoms with E-state index in [1.54, 1.807) is 0 Å². The van der Waals surface area contributed by atoms with Crippen molar-refractivity contribution in [2.75, 3.05) is 0 Å². The van der Waals surface area contributed by atoms with Crippen LogP contribution in [0.5, 0.6) is 0 Å². The van der Waals surface area contributed by atoms with Crippen molar-refractivity contribution in [3.8, 4) is 0 Å². The van der Waals surface area contributed by atoms with Gasteiger partial charge in [0.1, 0.15) is 0 Å². The summed E-state index contributed by atoms with van der Waals surface area (Å²) in [6.07, 6.45) is 1.74. The molecule has 2 atom stereocenters. The summed E-state index contributed by atoms with van der Waals surface area (Å²) in [6, 6.07) is 7.72. The largest absolute Gasteiger partial charge is 0.349 e. The van der Waals surface area contributed by atoms with Gasteiger partial charge in [-0.15, -0.1) is 0 Å². The van der Waals surface area contributed by atoms with E-state index in [9.17, 15) is 4.79 Å². The summed E-state index contributed by atoms with van der Waals surface area (Å²) < 4.78 is 0. The summed E-state index contributed by atoms with van der Waals surface area (Å²) in [5, 5.41) is 3.79. The Morgan fingerprint density at radius 3 is 2.29 bits per heavy atom. The van der Waals surface area contributed by atoms with Crippen LogP contribution in [0.3, 0.4) is 0 Å². The van der Waals surface area contributed by atoms with Crippen LogP contribution in [0.4, 0.5) is 0 Å². The van der Waals surface area contributed by atoms with Crippen LogP contribution in [-0.4, -0.2) is 5.91 Å². The van der Waals surface area contributed by atoms with E-state index in [0.717, 1.165) is 23.4 Å². The van der Waals surface area contributed by atoms with Crippen LogP contribution in [-0.2, 0) is 4.79 Å². The molecule has 1 rings (SSSR count). The predicted molar refractivity (Wildman–Crippen MR) is 72.1 cm³/mol. The van der Waals surface area contributed by atoms with Crippen molar-refractivity contribution in [2.24, 2.45) is 5.92 Å². The lowest BCUT2D eigenvalue weighted by atomic mass is 10.0. The smallest absolute Gasteiger partial charge is 0.223 e. The van der Waals surface area contributed by atoms with E-state index in [1.807, 2.05) is 38.1 Å². The molecule has 94 valence electrons. The van der Waals surface area contributed by atoms with Gasteiger partial charge < -0.3 is 5.32 Å². The molecule has 3 heteroatoms. The van der Waals surface area contributed by atoms with Crippen molar-refractivity contribution in [3.63, 3.8) is 0 Å². The SMILES string of the molecule is CCC(C)C(=O)NC(CC)c1ccc(Cl)cc1. The summed E-state index contributed by atoms with van der Waals surface area (Å²) in [5.74, 6) is 0.186. The lowest BCUT2D eigenvalue weighted by Crippen LogP contribution is -2.32. The fourth-order valence-electron chi connectivity index (χ4n) is 1.62. The van der Waals surface area contributed by atoms with Gasteiger partial charge in [0, 0.05) is 10.9 Å². The zero-order chi connectivity index (χ0) is 12.8. The molecule has 0 saturated carbocycles. The Hall–Kier alpha value is -1.02. The fourth-order valence-corrected chi connectivity index (χ4v) is 1.74. The number of carbonyl (C=O) groups excluding carboxylic acids is 1. The van der Waals surface area contributed by atoms with Crippen molar-refractivity contribution >= 4 is 17.5 Å². The highest BCUT2D eigenvalue weighted by molar-refractivity contribution is 6.30. The molecular formula is C14H20ClNO. The molecule has 1 N–H and O–H groups in total. The molecule has 17 heavy (non-hydrogen) atoms. The third-order valence-corrected chi connectivity index (χ3v) is 3.31. The molecule has 0 spiro atoms. The highest BCUT2D eigenvalue weighted by Gasteiger charge is 2.16. The first-order valence-corrected chi connectivity index (χ1v) is 6.52. The number of carbonyl (C=O) groups is 1. The Bertz CT molecular complexity index is 361. The lowest BCUT2D eigenvalue weighted by Gasteiger charge is -2.19. The Morgan fingerprint density at radius 2 is 1.82 bits per heavy atom. The van der Waals surface area contributed by atoms with Crippen molar-refractivity contribution in [2.45, 2.75) is 39.7 Å². The molecular weight excluding hydrogens is 234 g/mol. The minimum absolute atomic E-state index is 0.0661. The van der Waals surface area contributed by atoms with Gasteiger partial charge in [-0.2, -0.15) is 0 Å². The van der Waals surface area contributed by atoms with Crippen LogP contribution >= 0.6 is 11.6 Å². The molecule has 1 amide bonds. The lowest BCUT2D eigenvalue weighted by molar-refractivity contribution is -0.125. The molecule has 2 unspecified atom stereocenters. The van der Waals surface area contributed by atoms with Crippen LogP contribution in [0.2, 0.25) is 5.02 Å². The maximum absolute atomic E-state index is 11.8. The minimum atomic E-state index is 0.0661. The summed E-state index contributed by atoms with van der Waals surface area (Å²) in [6.45, 7) is 6.04. The number of benzene rings is 1. The van der Waals surface area contributed by atoms with E-state index in [4.69, 9.17) is 11.6 Å². The Balaban J connectivity index is 2.72. The highest BCUT2D eigenvalue weighted by atomic mass is 35.5. The van der Waals surface area contributed by atoms with Crippen molar-refractivity contribution < 1.29 is 4.79 Å². The zero-order valence-electron chi connectivity index (χ0n) is 10.7. The molecule has 1 aromatic rings. The second-order valence-corrected chi connectivity index (χ2v) is 4.77. The molecule has 1 aromatic carbocycles. The number of amides is 1. The third-order valence-electron chi connectivity index (χ3n) is 3.06. The Morgan fingerprint density at radius 1 is 1.24 bits per heavy atom. The topological polar surface area (TPSA) is 29.1 Å². The van der Waals surface area contributed by atoms with Gasteiger partial charge >= 0.3 is 0 Å². The normalized spacial score (nSPS) is 14.1. The number of rotatable bonds is 5. The molecule has 0 radical (unpaired) electrons. The molecule has 0 aliphatic rings. The summed E-state index contributed by atoms with van der Waals surface area (Å²) in [7, 11) is 0. The standard InChI is InChI=1S/C14H20ClNO/c1-4-10(3)14(17)16-13(5-2)11-6-8-12(15)9-7-11/h6-10,13H,4-5H2,1-3H3,(H,16,17). The third kappa shape index (κ3) is 4.04. The molecule has 0 fully saturated rings. The molecule has 2 nitrogen and oxygen atoms in total. The first kappa shape index (κ1) is 14.0. The van der Waals surface area contributed by atoms with Crippen molar-refractivity contribution in [1.82, 2.24) is 5.32 Å². The number of hydrogen-bond donors (Lipinski definition) is 1. The number of nitrogens with one attached hydrogen (secondary N) is 1. The second kappa shape index (κ2) is 6.65. The highest BCUT2D eigenvalue weighted by Crippen LogP contribution is 2.19. The maximum atomic E-state index is 11.8. The van der Waals surface area contributed by atoms with E-state index in [0.29, 0.717) is 0 Å². The average Bonchev–Trinajstić information content (AvgIpc) is 2.35. The van der Waals surface area contributed by atoms with Crippen LogP contribution in [0.25, 0.3) is 0 Å². The zero-order valence-corrected chi connectivity index (χ0v) is 11.4. The van der Waals surface area contributed by atoms with Crippen LogP contribution in [0, 0.1) is 5.92 Å². The minimum Gasteiger partial charge on any atom is -0.349 e. The maximum Gasteiger partial charge on any atom is 0.223 e. The monoisotopic (exact) mass is 253 g/mol. The van der Waals surface area contributed by atoms with Crippen molar-refractivity contribution in [3.05, 3.63) is 34.9 Å². The van der Waals surface area contributed by atoms with Gasteiger partial charge in [-0.1, -0.05) is 44.5 Å². The predicted octanol–water partition coefficient (Wildman–Crippen LogP) is 3.95. The van der Waals surface area contributed by atoms with E-state index < -0.39 is 0 Å². The molecule has 0 aromatic heterocycles. The van der Waals surface area contributed by atoms with Gasteiger partial charge in [-0.3, -0.25) is 4.79 Å². The summed E-state index contributed by atoms with van der Waals surface area (Å²) >= 11 is 5.85.